The molecule has 0 spiro atoms. The molecule has 5 nitrogen and oxygen atoms in total. The Morgan fingerprint density at radius 2 is 1.93 bits per heavy atom. The molecule has 9 heteroatoms. The van der Waals surface area contributed by atoms with Crippen LogP contribution in [0.4, 0.5) is 13.2 Å². The number of thiophene rings is 1. The lowest BCUT2D eigenvalue weighted by Crippen LogP contribution is -2.31. The van der Waals surface area contributed by atoms with E-state index >= 15 is 0 Å². The fraction of sp³-hybridized carbons (Fsp3) is 0.190. The van der Waals surface area contributed by atoms with Gasteiger partial charge in [-0.25, -0.2) is 9.98 Å². The summed E-state index contributed by atoms with van der Waals surface area (Å²) in [7, 11) is 0. The highest BCUT2D eigenvalue weighted by Crippen LogP contribution is 2.38. The highest BCUT2D eigenvalue weighted by atomic mass is 32.1. The molecule has 1 aliphatic rings. The van der Waals surface area contributed by atoms with E-state index in [2.05, 4.69) is 10.1 Å². The van der Waals surface area contributed by atoms with E-state index in [4.69, 9.17) is 9.73 Å². The number of aliphatic imine (C=N–C) groups is 1. The number of hydrogen-bond donors (Lipinski definition) is 0. The van der Waals surface area contributed by atoms with Crippen molar-refractivity contribution in [3.63, 3.8) is 0 Å². The van der Waals surface area contributed by atoms with Gasteiger partial charge >= 0.3 is 6.18 Å². The molecule has 1 aliphatic heterocycles. The van der Waals surface area contributed by atoms with Gasteiger partial charge in [-0.3, -0.25) is 4.68 Å². The molecule has 0 radical (unpaired) electrons. The predicted octanol–water partition coefficient (Wildman–Crippen LogP) is 4.88. The summed E-state index contributed by atoms with van der Waals surface area (Å²) in [6, 6.07) is 15.2. The van der Waals surface area contributed by atoms with E-state index in [1.165, 1.54) is 23.7 Å². The zero-order chi connectivity index (χ0) is 20.8. The first-order chi connectivity index (χ1) is 14.4. The van der Waals surface area contributed by atoms with Crippen molar-refractivity contribution in [1.82, 2.24) is 14.8 Å². The lowest BCUT2D eigenvalue weighted by atomic mass is 9.92. The summed E-state index contributed by atoms with van der Waals surface area (Å²) >= 11 is 1.36. The highest BCUT2D eigenvalue weighted by Gasteiger charge is 2.40. The summed E-state index contributed by atoms with van der Waals surface area (Å²) < 4.78 is 47.5. The molecule has 1 atom stereocenters. The van der Waals surface area contributed by atoms with E-state index in [1.807, 2.05) is 30.3 Å². The van der Waals surface area contributed by atoms with Crippen LogP contribution in [0, 0.1) is 0 Å². The average molecular weight is 428 g/mol. The minimum Gasteiger partial charge on any atom is -0.474 e. The Hall–Kier alpha value is -3.20. The molecule has 0 saturated heterocycles. The Bertz CT molecular complexity index is 1220. The number of fused-ring (bicyclic) bond motifs is 1. The van der Waals surface area contributed by atoms with Crippen LogP contribution in [0.1, 0.15) is 16.0 Å². The summed E-state index contributed by atoms with van der Waals surface area (Å²) in [5.74, 6) is 0.425. The molecule has 1 unspecified atom stereocenters. The Labute approximate surface area is 173 Å². The molecular weight excluding hydrogens is 413 g/mol. The maximum Gasteiger partial charge on any atom is 0.416 e. The van der Waals surface area contributed by atoms with Crippen LogP contribution in [0.3, 0.4) is 0 Å². The third-order valence-electron chi connectivity index (χ3n) is 5.02. The zero-order valence-electron chi connectivity index (χ0n) is 15.5. The molecule has 3 heterocycles. The van der Waals surface area contributed by atoms with Gasteiger partial charge in [0.1, 0.15) is 24.8 Å². The average Bonchev–Trinajstić information content (AvgIpc) is 3.47. The van der Waals surface area contributed by atoms with Gasteiger partial charge in [-0.2, -0.15) is 18.3 Å². The van der Waals surface area contributed by atoms with Gasteiger partial charge in [-0.15, -0.1) is 11.3 Å². The quantitative estimate of drug-likeness (QED) is 0.465. The molecule has 0 amide bonds. The van der Waals surface area contributed by atoms with E-state index < -0.39 is 17.3 Å². The van der Waals surface area contributed by atoms with Gasteiger partial charge < -0.3 is 4.74 Å². The third-order valence-corrected chi connectivity index (χ3v) is 6.12. The first-order valence-electron chi connectivity index (χ1n) is 9.15. The maximum absolute atomic E-state index is 13.0. The van der Waals surface area contributed by atoms with Gasteiger partial charge in [0.15, 0.2) is 0 Å². The Morgan fingerprint density at radius 1 is 1.10 bits per heavy atom. The van der Waals surface area contributed by atoms with Crippen LogP contribution in [0.2, 0.25) is 0 Å². The summed E-state index contributed by atoms with van der Waals surface area (Å²) in [4.78, 5) is 9.59. The van der Waals surface area contributed by atoms with Crippen LogP contribution in [0.15, 0.2) is 72.2 Å². The number of halogens is 3. The van der Waals surface area contributed by atoms with Crippen molar-refractivity contribution >= 4 is 27.3 Å². The molecule has 152 valence electrons. The standard InChI is InChI=1S/C21H15F3N4OS/c22-21(23,24)16-6-7-17-14(8-16)9-18(30-17)19-27-20(11-29-19,10-28-13-25-12-26-28)15-4-2-1-3-5-15/h1-9,12-13H,10-11H2. The van der Waals surface area contributed by atoms with Crippen molar-refractivity contribution in [3.05, 3.63) is 83.3 Å². The lowest BCUT2D eigenvalue weighted by Gasteiger charge is -2.24. The van der Waals surface area contributed by atoms with Crippen LogP contribution >= 0.6 is 11.3 Å². The minimum absolute atomic E-state index is 0.300. The number of ether oxygens (including phenoxy) is 1. The summed E-state index contributed by atoms with van der Waals surface area (Å²) in [5.41, 5.74) is -0.396. The zero-order valence-corrected chi connectivity index (χ0v) is 16.3. The molecule has 5 rings (SSSR count). The predicted molar refractivity (Wildman–Crippen MR) is 107 cm³/mol. The molecule has 2 aromatic heterocycles. The fourth-order valence-electron chi connectivity index (χ4n) is 3.55. The van der Waals surface area contributed by atoms with Crippen molar-refractivity contribution < 1.29 is 17.9 Å². The van der Waals surface area contributed by atoms with E-state index in [0.717, 1.165) is 22.4 Å². The number of aromatic nitrogens is 3. The van der Waals surface area contributed by atoms with Crippen LogP contribution in [0.25, 0.3) is 10.1 Å². The van der Waals surface area contributed by atoms with Gasteiger partial charge in [0, 0.05) is 4.70 Å². The number of alkyl halides is 3. The van der Waals surface area contributed by atoms with Crippen LogP contribution in [-0.4, -0.2) is 27.3 Å². The molecule has 0 N–H and O–H groups in total. The van der Waals surface area contributed by atoms with E-state index in [9.17, 15) is 13.2 Å². The summed E-state index contributed by atoms with van der Waals surface area (Å²) in [5, 5.41) is 4.71. The van der Waals surface area contributed by atoms with Gasteiger partial charge in [-0.1, -0.05) is 30.3 Å². The van der Waals surface area contributed by atoms with Gasteiger partial charge in [0.2, 0.25) is 5.90 Å². The van der Waals surface area contributed by atoms with Gasteiger partial charge in [-0.05, 0) is 35.2 Å². The van der Waals surface area contributed by atoms with Gasteiger partial charge in [0.05, 0.1) is 17.0 Å². The number of benzene rings is 2. The molecule has 2 aromatic carbocycles. The number of rotatable bonds is 4. The first kappa shape index (κ1) is 18.8. The molecule has 30 heavy (non-hydrogen) atoms. The second-order valence-electron chi connectivity index (χ2n) is 7.06. The first-order valence-corrected chi connectivity index (χ1v) is 9.96. The molecule has 0 bridgehead atoms. The number of nitrogens with zero attached hydrogens (tertiary/aromatic N) is 4. The Kier molecular flexibility index (Phi) is 4.35. The number of hydrogen-bond acceptors (Lipinski definition) is 5. The normalized spacial score (nSPS) is 19.1. The van der Waals surface area contributed by atoms with E-state index in [0.29, 0.717) is 29.3 Å². The molecule has 0 aliphatic carbocycles. The van der Waals surface area contributed by atoms with Crippen molar-refractivity contribution in [3.8, 4) is 0 Å². The smallest absolute Gasteiger partial charge is 0.416 e. The second-order valence-corrected chi connectivity index (χ2v) is 8.14. The SMILES string of the molecule is FC(F)(F)c1ccc2sc(C3=NC(Cn4cncn4)(c4ccccc4)CO3)cc2c1. The van der Waals surface area contributed by atoms with E-state index in [1.54, 1.807) is 17.1 Å². The lowest BCUT2D eigenvalue weighted by molar-refractivity contribution is -0.137. The van der Waals surface area contributed by atoms with Crippen molar-refractivity contribution in [2.24, 2.45) is 4.99 Å². The monoisotopic (exact) mass is 428 g/mol. The van der Waals surface area contributed by atoms with E-state index in [-0.39, 0.29) is 0 Å². The molecule has 4 aromatic rings. The van der Waals surface area contributed by atoms with Crippen LogP contribution in [-0.2, 0) is 23.0 Å². The maximum atomic E-state index is 13.0. The van der Waals surface area contributed by atoms with Crippen LogP contribution < -0.4 is 0 Å². The minimum atomic E-state index is -4.38. The molecule has 0 saturated carbocycles. The second kappa shape index (κ2) is 6.94. The molecular formula is C21H15F3N4OS. The molecule has 0 fully saturated rings. The summed E-state index contributed by atoms with van der Waals surface area (Å²) in [6.07, 6.45) is -1.29. The van der Waals surface area contributed by atoms with Crippen molar-refractivity contribution in [2.75, 3.05) is 6.61 Å². The topological polar surface area (TPSA) is 52.3 Å². The van der Waals surface area contributed by atoms with Crippen LogP contribution in [0.5, 0.6) is 0 Å². The Balaban J connectivity index is 1.56. The third kappa shape index (κ3) is 3.35. The highest BCUT2D eigenvalue weighted by molar-refractivity contribution is 7.20. The van der Waals surface area contributed by atoms with Crippen molar-refractivity contribution in [1.29, 1.82) is 0 Å². The van der Waals surface area contributed by atoms with Gasteiger partial charge in [0.25, 0.3) is 0 Å². The Morgan fingerprint density at radius 3 is 2.67 bits per heavy atom. The fourth-order valence-corrected chi connectivity index (χ4v) is 4.54. The summed E-state index contributed by atoms with van der Waals surface area (Å²) in [6.45, 7) is 0.734. The largest absolute Gasteiger partial charge is 0.474 e. The van der Waals surface area contributed by atoms with Crippen molar-refractivity contribution in [2.45, 2.75) is 18.3 Å².